The summed E-state index contributed by atoms with van der Waals surface area (Å²) in [7, 11) is 0. The van der Waals surface area contributed by atoms with Crippen molar-refractivity contribution in [3.8, 4) is 0 Å². The molecule has 1 aromatic carbocycles. The second kappa shape index (κ2) is 6.23. The van der Waals surface area contributed by atoms with Gasteiger partial charge in [-0.2, -0.15) is 0 Å². The minimum Gasteiger partial charge on any atom is -0.335 e. The Morgan fingerprint density at radius 3 is 2.48 bits per heavy atom. The molecule has 1 aliphatic carbocycles. The van der Waals surface area contributed by atoms with Crippen LogP contribution < -0.4 is 5.32 Å². The first-order chi connectivity index (χ1) is 11.2. The smallest absolute Gasteiger partial charge is 0.223 e. The van der Waals surface area contributed by atoms with Gasteiger partial charge in [0.1, 0.15) is 5.82 Å². The lowest BCUT2D eigenvalue weighted by atomic mass is 9.89. The third-order valence-corrected chi connectivity index (χ3v) is 5.64. The molecule has 124 valence electrons. The molecular formula is C19H25FN2O. The Balaban J connectivity index is 1.41. The maximum absolute atomic E-state index is 13.9. The molecule has 1 amide bonds. The van der Waals surface area contributed by atoms with Gasteiger partial charge < -0.3 is 10.2 Å². The summed E-state index contributed by atoms with van der Waals surface area (Å²) >= 11 is 0. The number of hydrogen-bond donors (Lipinski definition) is 1. The van der Waals surface area contributed by atoms with Crippen molar-refractivity contribution < 1.29 is 9.18 Å². The second-order valence-electron chi connectivity index (χ2n) is 7.52. The van der Waals surface area contributed by atoms with E-state index in [4.69, 9.17) is 0 Å². The van der Waals surface area contributed by atoms with Crippen molar-refractivity contribution in [2.24, 2.45) is 5.92 Å². The zero-order chi connectivity index (χ0) is 15.8. The number of rotatable bonds is 5. The Morgan fingerprint density at radius 2 is 1.83 bits per heavy atom. The molecule has 23 heavy (non-hydrogen) atoms. The van der Waals surface area contributed by atoms with Gasteiger partial charge in [0.25, 0.3) is 0 Å². The first kappa shape index (κ1) is 15.1. The molecule has 2 saturated heterocycles. The van der Waals surface area contributed by atoms with Crippen molar-refractivity contribution in [3.63, 3.8) is 0 Å². The number of carbonyl (C=O) groups excluding carboxylic acids is 1. The summed E-state index contributed by atoms with van der Waals surface area (Å²) in [6.07, 6.45) is 7.55. The van der Waals surface area contributed by atoms with Crippen molar-refractivity contribution in [2.45, 2.75) is 69.6 Å². The SMILES string of the molecule is O=C(CC1CC2CCC(C1)N2)N(Cc1ccccc1F)C1CC1. The molecule has 2 bridgehead atoms. The zero-order valence-corrected chi connectivity index (χ0v) is 13.5. The van der Waals surface area contributed by atoms with E-state index in [1.807, 2.05) is 11.0 Å². The molecule has 2 heterocycles. The summed E-state index contributed by atoms with van der Waals surface area (Å²) in [5, 5.41) is 3.63. The monoisotopic (exact) mass is 316 g/mol. The molecule has 2 unspecified atom stereocenters. The van der Waals surface area contributed by atoms with Crippen molar-refractivity contribution >= 4 is 5.91 Å². The largest absolute Gasteiger partial charge is 0.335 e. The van der Waals surface area contributed by atoms with Crippen LogP contribution in [0.2, 0.25) is 0 Å². The molecule has 4 rings (SSSR count). The third kappa shape index (κ3) is 3.42. The molecule has 4 heteroatoms. The fourth-order valence-electron chi connectivity index (χ4n) is 4.32. The molecule has 1 N–H and O–H groups in total. The fraction of sp³-hybridized carbons (Fsp3) is 0.632. The normalized spacial score (nSPS) is 29.5. The van der Waals surface area contributed by atoms with Crippen molar-refractivity contribution in [1.82, 2.24) is 10.2 Å². The minimum absolute atomic E-state index is 0.203. The molecule has 0 aromatic heterocycles. The van der Waals surface area contributed by atoms with Gasteiger partial charge in [0.05, 0.1) is 0 Å². The Labute approximate surface area is 137 Å². The predicted molar refractivity (Wildman–Crippen MR) is 87.3 cm³/mol. The number of hydrogen-bond acceptors (Lipinski definition) is 2. The number of fused-ring (bicyclic) bond motifs is 2. The van der Waals surface area contributed by atoms with Gasteiger partial charge in [0, 0.05) is 36.7 Å². The van der Waals surface area contributed by atoms with Crippen LogP contribution in [-0.2, 0) is 11.3 Å². The molecule has 2 atom stereocenters. The van der Waals surface area contributed by atoms with E-state index in [2.05, 4.69) is 5.32 Å². The lowest BCUT2D eigenvalue weighted by Gasteiger charge is -2.31. The Bertz CT molecular complexity index is 574. The Hall–Kier alpha value is -1.42. The van der Waals surface area contributed by atoms with Crippen LogP contribution >= 0.6 is 0 Å². The Kier molecular flexibility index (Phi) is 4.10. The summed E-state index contributed by atoms with van der Waals surface area (Å²) in [4.78, 5) is 14.8. The van der Waals surface area contributed by atoms with Gasteiger partial charge in [-0.15, -0.1) is 0 Å². The maximum Gasteiger partial charge on any atom is 0.223 e. The lowest BCUT2D eigenvalue weighted by molar-refractivity contribution is -0.133. The van der Waals surface area contributed by atoms with Gasteiger partial charge in [-0.25, -0.2) is 4.39 Å². The van der Waals surface area contributed by atoms with Crippen LogP contribution in [0.4, 0.5) is 4.39 Å². The highest BCUT2D eigenvalue weighted by atomic mass is 19.1. The van der Waals surface area contributed by atoms with Gasteiger partial charge in [0.15, 0.2) is 0 Å². The van der Waals surface area contributed by atoms with E-state index < -0.39 is 0 Å². The van der Waals surface area contributed by atoms with Crippen LogP contribution in [-0.4, -0.2) is 28.9 Å². The number of piperidine rings is 1. The van der Waals surface area contributed by atoms with E-state index >= 15 is 0 Å². The lowest BCUT2D eigenvalue weighted by Crippen LogP contribution is -2.41. The molecule has 0 radical (unpaired) electrons. The molecule has 1 saturated carbocycles. The molecule has 3 nitrogen and oxygen atoms in total. The van der Waals surface area contributed by atoms with Crippen molar-refractivity contribution in [3.05, 3.63) is 35.6 Å². The predicted octanol–water partition coefficient (Wildman–Crippen LogP) is 3.24. The molecule has 0 spiro atoms. The van der Waals surface area contributed by atoms with E-state index in [-0.39, 0.29) is 11.7 Å². The minimum atomic E-state index is -0.203. The van der Waals surface area contributed by atoms with Crippen LogP contribution in [0.15, 0.2) is 24.3 Å². The quantitative estimate of drug-likeness (QED) is 0.904. The van der Waals surface area contributed by atoms with E-state index in [0.29, 0.717) is 42.6 Å². The van der Waals surface area contributed by atoms with Gasteiger partial charge in [-0.05, 0) is 50.5 Å². The number of halogens is 1. The molecular weight excluding hydrogens is 291 g/mol. The number of carbonyl (C=O) groups is 1. The topological polar surface area (TPSA) is 32.3 Å². The van der Waals surface area contributed by atoms with E-state index in [1.165, 1.54) is 18.9 Å². The van der Waals surface area contributed by atoms with E-state index in [9.17, 15) is 9.18 Å². The van der Waals surface area contributed by atoms with E-state index in [0.717, 1.165) is 25.7 Å². The molecule has 2 aliphatic heterocycles. The second-order valence-corrected chi connectivity index (χ2v) is 7.52. The maximum atomic E-state index is 13.9. The number of amides is 1. The average molecular weight is 316 g/mol. The van der Waals surface area contributed by atoms with E-state index in [1.54, 1.807) is 12.1 Å². The van der Waals surface area contributed by atoms with Gasteiger partial charge >= 0.3 is 0 Å². The van der Waals surface area contributed by atoms with Crippen molar-refractivity contribution in [2.75, 3.05) is 0 Å². The first-order valence-electron chi connectivity index (χ1n) is 8.98. The highest BCUT2D eigenvalue weighted by Crippen LogP contribution is 2.35. The summed E-state index contributed by atoms with van der Waals surface area (Å²) < 4.78 is 13.9. The highest BCUT2D eigenvalue weighted by Gasteiger charge is 2.37. The number of nitrogens with one attached hydrogen (secondary N) is 1. The van der Waals surface area contributed by atoms with Crippen LogP contribution in [0.5, 0.6) is 0 Å². The van der Waals surface area contributed by atoms with Crippen LogP contribution in [0.25, 0.3) is 0 Å². The summed E-state index contributed by atoms with van der Waals surface area (Å²) in [5.41, 5.74) is 0.637. The zero-order valence-electron chi connectivity index (χ0n) is 13.5. The molecule has 1 aromatic rings. The summed E-state index contributed by atoms with van der Waals surface area (Å²) in [5.74, 6) is 0.524. The third-order valence-electron chi connectivity index (χ3n) is 5.64. The molecule has 3 fully saturated rings. The van der Waals surface area contributed by atoms with Crippen LogP contribution in [0, 0.1) is 11.7 Å². The molecule has 3 aliphatic rings. The summed E-state index contributed by atoms with van der Waals surface area (Å²) in [6, 6.07) is 8.39. The van der Waals surface area contributed by atoms with Gasteiger partial charge in [0.2, 0.25) is 5.91 Å². The first-order valence-corrected chi connectivity index (χ1v) is 8.98. The van der Waals surface area contributed by atoms with Crippen molar-refractivity contribution in [1.29, 1.82) is 0 Å². The average Bonchev–Trinajstić information content (AvgIpc) is 3.31. The number of benzene rings is 1. The van der Waals surface area contributed by atoms with Crippen LogP contribution in [0.3, 0.4) is 0 Å². The van der Waals surface area contributed by atoms with Gasteiger partial charge in [-0.3, -0.25) is 4.79 Å². The standard InChI is InChI=1S/C19H25FN2O/c20-18-4-2-1-3-14(18)12-22(17-7-8-17)19(23)11-13-9-15-5-6-16(10-13)21-15/h1-4,13,15-17,21H,5-12H2. The summed E-state index contributed by atoms with van der Waals surface area (Å²) in [6.45, 7) is 0.425. The highest BCUT2D eigenvalue weighted by molar-refractivity contribution is 5.77. The Morgan fingerprint density at radius 1 is 1.13 bits per heavy atom. The number of nitrogens with zero attached hydrogens (tertiary/aromatic N) is 1. The fourth-order valence-corrected chi connectivity index (χ4v) is 4.32. The van der Waals surface area contributed by atoms with Gasteiger partial charge in [-0.1, -0.05) is 18.2 Å². The van der Waals surface area contributed by atoms with Crippen LogP contribution in [0.1, 0.15) is 50.5 Å².